The molecular formula is C20H19NOS. The van der Waals surface area contributed by atoms with Crippen LogP contribution in [-0.2, 0) is 6.42 Å². The van der Waals surface area contributed by atoms with Crippen molar-refractivity contribution in [1.82, 2.24) is 5.32 Å². The molecule has 1 amide bonds. The summed E-state index contributed by atoms with van der Waals surface area (Å²) in [5, 5.41) is 4.35. The highest BCUT2D eigenvalue weighted by Gasteiger charge is 2.26. The van der Waals surface area contributed by atoms with Crippen LogP contribution in [0.15, 0.2) is 48.5 Å². The number of carbonyl (C=O) groups is 1. The third kappa shape index (κ3) is 3.02. The Morgan fingerprint density at radius 3 is 2.61 bits per heavy atom. The zero-order chi connectivity index (χ0) is 15.8. The van der Waals surface area contributed by atoms with Gasteiger partial charge in [-0.25, -0.2) is 0 Å². The lowest BCUT2D eigenvalue weighted by molar-refractivity contribution is 0.0954. The fourth-order valence-electron chi connectivity index (χ4n) is 2.85. The monoisotopic (exact) mass is 321 g/mol. The van der Waals surface area contributed by atoms with E-state index in [0.717, 1.165) is 29.7 Å². The molecule has 3 heteroatoms. The van der Waals surface area contributed by atoms with E-state index in [1.54, 1.807) is 11.3 Å². The number of nitrogens with one attached hydrogen (secondary N) is 1. The first-order chi connectivity index (χ1) is 11.2. The maximum absolute atomic E-state index is 12.6. The van der Waals surface area contributed by atoms with Gasteiger partial charge >= 0.3 is 0 Å². The van der Waals surface area contributed by atoms with Gasteiger partial charge in [0.25, 0.3) is 5.91 Å². The Morgan fingerprint density at radius 1 is 1.13 bits per heavy atom. The SMILES string of the molecule is Cc1ccc(Cc2c(C(=O)NC3CC3)sc3ccccc23)cc1. The average molecular weight is 321 g/mol. The minimum Gasteiger partial charge on any atom is -0.349 e. The Hall–Kier alpha value is -2.13. The van der Waals surface area contributed by atoms with E-state index in [0.29, 0.717) is 6.04 Å². The molecule has 116 valence electrons. The molecule has 1 N–H and O–H groups in total. The molecule has 0 atom stereocenters. The highest BCUT2D eigenvalue weighted by Crippen LogP contribution is 2.33. The van der Waals surface area contributed by atoms with Gasteiger partial charge in [-0.05, 0) is 48.8 Å². The molecule has 1 aliphatic rings. The summed E-state index contributed by atoms with van der Waals surface area (Å²) in [6.45, 7) is 2.10. The molecule has 2 nitrogen and oxygen atoms in total. The van der Waals surface area contributed by atoms with E-state index in [1.807, 2.05) is 6.07 Å². The number of benzene rings is 2. The van der Waals surface area contributed by atoms with Crippen LogP contribution >= 0.6 is 11.3 Å². The predicted octanol–water partition coefficient (Wildman–Crippen LogP) is 4.69. The quantitative estimate of drug-likeness (QED) is 0.742. The molecule has 1 aliphatic carbocycles. The lowest BCUT2D eigenvalue weighted by Gasteiger charge is -2.06. The van der Waals surface area contributed by atoms with Crippen LogP contribution in [0.1, 0.15) is 39.2 Å². The fourth-order valence-corrected chi connectivity index (χ4v) is 3.97. The molecule has 1 heterocycles. The van der Waals surface area contributed by atoms with Crippen molar-refractivity contribution >= 4 is 27.3 Å². The number of thiophene rings is 1. The molecule has 0 unspecified atom stereocenters. The predicted molar refractivity (Wildman–Crippen MR) is 96.3 cm³/mol. The van der Waals surface area contributed by atoms with Gasteiger partial charge in [-0.3, -0.25) is 4.79 Å². The lowest BCUT2D eigenvalue weighted by atomic mass is 10.0. The van der Waals surface area contributed by atoms with Crippen LogP contribution in [0.5, 0.6) is 0 Å². The molecule has 4 rings (SSSR count). The molecule has 3 aromatic rings. The van der Waals surface area contributed by atoms with E-state index in [4.69, 9.17) is 0 Å². The molecule has 1 aromatic heterocycles. The zero-order valence-corrected chi connectivity index (χ0v) is 14.0. The Balaban J connectivity index is 1.75. The Morgan fingerprint density at radius 2 is 1.87 bits per heavy atom. The second kappa shape index (κ2) is 5.82. The first kappa shape index (κ1) is 14.5. The van der Waals surface area contributed by atoms with Crippen molar-refractivity contribution in [2.45, 2.75) is 32.2 Å². The molecule has 1 fully saturated rings. The third-order valence-electron chi connectivity index (χ3n) is 4.32. The molecule has 1 saturated carbocycles. The van der Waals surface area contributed by atoms with Crippen LogP contribution in [0.4, 0.5) is 0 Å². The number of fused-ring (bicyclic) bond motifs is 1. The summed E-state index contributed by atoms with van der Waals surface area (Å²) >= 11 is 1.61. The number of hydrogen-bond acceptors (Lipinski definition) is 2. The summed E-state index contributed by atoms with van der Waals surface area (Å²) in [6.07, 6.45) is 3.03. The Bertz CT molecular complexity index is 859. The van der Waals surface area contributed by atoms with E-state index in [1.165, 1.54) is 21.2 Å². The molecule has 0 aliphatic heterocycles. The van der Waals surface area contributed by atoms with Crippen LogP contribution in [0.25, 0.3) is 10.1 Å². The van der Waals surface area contributed by atoms with Gasteiger partial charge in [-0.1, -0.05) is 48.0 Å². The number of aryl methyl sites for hydroxylation is 1. The largest absolute Gasteiger partial charge is 0.349 e. The number of rotatable bonds is 4. The van der Waals surface area contributed by atoms with Crippen molar-refractivity contribution < 1.29 is 4.79 Å². The van der Waals surface area contributed by atoms with Crippen LogP contribution in [0.3, 0.4) is 0 Å². The summed E-state index contributed by atoms with van der Waals surface area (Å²) < 4.78 is 1.19. The van der Waals surface area contributed by atoms with Crippen LogP contribution in [0.2, 0.25) is 0 Å². The van der Waals surface area contributed by atoms with Crippen molar-refractivity contribution in [3.63, 3.8) is 0 Å². The van der Waals surface area contributed by atoms with Crippen LogP contribution in [-0.4, -0.2) is 11.9 Å². The van der Waals surface area contributed by atoms with Crippen molar-refractivity contribution in [3.05, 3.63) is 70.1 Å². The van der Waals surface area contributed by atoms with E-state index < -0.39 is 0 Å². The molecule has 0 bridgehead atoms. The van der Waals surface area contributed by atoms with Gasteiger partial charge in [0, 0.05) is 10.7 Å². The minimum atomic E-state index is 0.0933. The second-order valence-electron chi connectivity index (χ2n) is 6.32. The first-order valence-corrected chi connectivity index (χ1v) is 8.89. The van der Waals surface area contributed by atoms with Crippen molar-refractivity contribution in [1.29, 1.82) is 0 Å². The van der Waals surface area contributed by atoms with Gasteiger partial charge in [-0.2, -0.15) is 0 Å². The number of carbonyl (C=O) groups excluding carboxylic acids is 1. The first-order valence-electron chi connectivity index (χ1n) is 8.07. The standard InChI is InChI=1S/C20H19NOS/c1-13-6-8-14(9-7-13)12-17-16-4-2-3-5-18(16)23-19(17)20(22)21-15-10-11-15/h2-9,15H,10-12H2,1H3,(H,21,22). The summed E-state index contributed by atoms with van der Waals surface area (Å²) in [5.41, 5.74) is 3.67. The maximum Gasteiger partial charge on any atom is 0.261 e. The van der Waals surface area contributed by atoms with Crippen LogP contribution in [0, 0.1) is 6.92 Å². The molecule has 0 saturated heterocycles. The van der Waals surface area contributed by atoms with Gasteiger partial charge in [-0.15, -0.1) is 11.3 Å². The number of hydrogen-bond donors (Lipinski definition) is 1. The van der Waals surface area contributed by atoms with Gasteiger partial charge in [0.15, 0.2) is 0 Å². The molecule has 2 aromatic carbocycles. The van der Waals surface area contributed by atoms with Crippen molar-refractivity contribution in [3.8, 4) is 0 Å². The van der Waals surface area contributed by atoms with Crippen LogP contribution < -0.4 is 5.32 Å². The minimum absolute atomic E-state index is 0.0933. The normalized spacial score (nSPS) is 14.1. The summed E-state index contributed by atoms with van der Waals surface area (Å²) in [4.78, 5) is 13.5. The Labute approximate surface area is 140 Å². The van der Waals surface area contributed by atoms with E-state index >= 15 is 0 Å². The molecule has 0 radical (unpaired) electrons. The fraction of sp³-hybridized carbons (Fsp3) is 0.250. The van der Waals surface area contributed by atoms with E-state index in [2.05, 4.69) is 54.7 Å². The molecule has 23 heavy (non-hydrogen) atoms. The summed E-state index contributed by atoms with van der Waals surface area (Å²) in [7, 11) is 0. The third-order valence-corrected chi connectivity index (χ3v) is 5.53. The number of amides is 1. The Kier molecular flexibility index (Phi) is 3.66. The van der Waals surface area contributed by atoms with Gasteiger partial charge in [0.2, 0.25) is 0 Å². The summed E-state index contributed by atoms with van der Waals surface area (Å²) in [6, 6.07) is 17.3. The molecular weight excluding hydrogens is 302 g/mol. The summed E-state index contributed by atoms with van der Waals surface area (Å²) in [5.74, 6) is 0.0933. The highest BCUT2D eigenvalue weighted by molar-refractivity contribution is 7.21. The van der Waals surface area contributed by atoms with E-state index in [9.17, 15) is 4.79 Å². The highest BCUT2D eigenvalue weighted by atomic mass is 32.1. The van der Waals surface area contributed by atoms with Gasteiger partial charge in [0.1, 0.15) is 0 Å². The maximum atomic E-state index is 12.6. The van der Waals surface area contributed by atoms with Gasteiger partial charge < -0.3 is 5.32 Å². The molecule has 0 spiro atoms. The smallest absolute Gasteiger partial charge is 0.261 e. The zero-order valence-electron chi connectivity index (χ0n) is 13.1. The van der Waals surface area contributed by atoms with Crippen molar-refractivity contribution in [2.24, 2.45) is 0 Å². The average Bonchev–Trinajstić information content (AvgIpc) is 3.30. The second-order valence-corrected chi connectivity index (χ2v) is 7.37. The van der Waals surface area contributed by atoms with E-state index in [-0.39, 0.29) is 5.91 Å². The lowest BCUT2D eigenvalue weighted by Crippen LogP contribution is -2.25. The topological polar surface area (TPSA) is 29.1 Å². The van der Waals surface area contributed by atoms with Crippen molar-refractivity contribution in [2.75, 3.05) is 0 Å². The van der Waals surface area contributed by atoms with Gasteiger partial charge in [0.05, 0.1) is 4.88 Å².